The van der Waals surface area contributed by atoms with Crippen molar-refractivity contribution in [2.45, 2.75) is 110 Å². The first kappa shape index (κ1) is 28.7. The number of ether oxygens (including phenoxy) is 2. The number of rotatable bonds is 4. The molecule has 2 amide bonds. The van der Waals surface area contributed by atoms with E-state index < -0.39 is 17.7 Å². The van der Waals surface area contributed by atoms with Crippen LogP contribution in [0.1, 0.15) is 85.5 Å². The van der Waals surface area contributed by atoms with E-state index >= 15 is 0 Å². The van der Waals surface area contributed by atoms with Gasteiger partial charge in [-0.15, -0.1) is 12.4 Å². The fourth-order valence-corrected chi connectivity index (χ4v) is 5.81. The number of carbonyl (C=O) groups is 2. The standard InChI is InChI=1S/C28H43N3O4.ClH/c1-15(2)23(30-25(32)16(3)29)26(33)31-12-11-22-20(31)14-19-24(34-22)18-13-17(27(4,5)6)9-10-21(18)35-28(19,7)8;/h9-10,13,15-16,19-20,22-24H,11-12,14,29H2,1-8H3,(H,30,32);1H/t16-,19-,20-,22-,23-,24+;/m0./s1. The van der Waals surface area contributed by atoms with Crippen LogP contribution in [0.3, 0.4) is 0 Å². The summed E-state index contributed by atoms with van der Waals surface area (Å²) in [5.41, 5.74) is 7.74. The molecule has 0 aliphatic carbocycles. The average molecular weight is 522 g/mol. The highest BCUT2D eigenvalue weighted by Crippen LogP contribution is 2.53. The van der Waals surface area contributed by atoms with E-state index in [1.54, 1.807) is 6.92 Å². The number of hydrogen-bond acceptors (Lipinski definition) is 5. The molecular weight excluding hydrogens is 478 g/mol. The third-order valence-electron chi connectivity index (χ3n) is 8.04. The second kappa shape index (κ2) is 10.1. The van der Waals surface area contributed by atoms with E-state index in [1.165, 1.54) is 5.56 Å². The Kier molecular flexibility index (Phi) is 8.10. The molecule has 202 valence electrons. The lowest BCUT2D eigenvalue weighted by Crippen LogP contribution is -2.58. The highest BCUT2D eigenvalue weighted by Gasteiger charge is 2.54. The molecule has 3 N–H and O–H groups in total. The Morgan fingerprint density at radius 3 is 2.44 bits per heavy atom. The number of nitrogens with one attached hydrogen (secondary N) is 1. The fraction of sp³-hybridized carbons (Fsp3) is 0.714. The van der Waals surface area contributed by atoms with Gasteiger partial charge in [-0.2, -0.15) is 0 Å². The summed E-state index contributed by atoms with van der Waals surface area (Å²) in [6.07, 6.45) is 1.50. The molecule has 0 saturated carbocycles. The van der Waals surface area contributed by atoms with Crippen LogP contribution >= 0.6 is 12.4 Å². The average Bonchev–Trinajstić information content (AvgIpc) is 3.17. The number of nitrogens with zero attached hydrogens (tertiary/aromatic N) is 1. The molecule has 0 unspecified atom stereocenters. The van der Waals surface area contributed by atoms with E-state index in [-0.39, 0.29) is 59.7 Å². The third-order valence-corrected chi connectivity index (χ3v) is 8.04. The van der Waals surface area contributed by atoms with Gasteiger partial charge in [0.1, 0.15) is 17.4 Å². The number of fused-ring (bicyclic) bond motifs is 4. The summed E-state index contributed by atoms with van der Waals surface area (Å²) in [6, 6.07) is 5.19. The molecule has 8 heteroatoms. The van der Waals surface area contributed by atoms with Crippen molar-refractivity contribution in [3.05, 3.63) is 29.3 Å². The van der Waals surface area contributed by atoms with Crippen LogP contribution in [-0.4, -0.2) is 53.1 Å². The minimum atomic E-state index is -0.660. The van der Waals surface area contributed by atoms with Crippen LogP contribution in [0.4, 0.5) is 0 Å². The van der Waals surface area contributed by atoms with Crippen molar-refractivity contribution < 1.29 is 19.1 Å². The van der Waals surface area contributed by atoms with Crippen molar-refractivity contribution in [3.63, 3.8) is 0 Å². The summed E-state index contributed by atoms with van der Waals surface area (Å²) in [4.78, 5) is 27.9. The number of carbonyl (C=O) groups excluding carboxylic acids is 2. The normalized spacial score (nSPS) is 28.1. The first-order valence-corrected chi connectivity index (χ1v) is 13.1. The minimum Gasteiger partial charge on any atom is -0.487 e. The van der Waals surface area contributed by atoms with Crippen LogP contribution in [0.2, 0.25) is 0 Å². The summed E-state index contributed by atoms with van der Waals surface area (Å²) in [5.74, 6) is 0.608. The SMILES string of the molecule is CC(C)[C@H](NC(=O)[C@H](C)N)C(=O)N1CC[C@@H]2O[C@@H]3c4cc(C(C)(C)C)ccc4OC(C)(C)[C@H]3C[C@@H]21.Cl. The fourth-order valence-electron chi connectivity index (χ4n) is 5.81. The van der Waals surface area contributed by atoms with Crippen LogP contribution in [0.25, 0.3) is 0 Å². The summed E-state index contributed by atoms with van der Waals surface area (Å²) in [6.45, 7) is 17.0. The summed E-state index contributed by atoms with van der Waals surface area (Å²) in [7, 11) is 0. The van der Waals surface area contributed by atoms with Crippen molar-refractivity contribution in [3.8, 4) is 5.75 Å². The number of amides is 2. The highest BCUT2D eigenvalue weighted by molar-refractivity contribution is 5.90. The Bertz CT molecular complexity index is 987. The number of likely N-dealkylation sites (tertiary alicyclic amines) is 1. The van der Waals surface area contributed by atoms with E-state index in [1.807, 2.05) is 18.7 Å². The molecule has 2 fully saturated rings. The zero-order chi connectivity index (χ0) is 25.9. The molecule has 3 heterocycles. The second-order valence-electron chi connectivity index (χ2n) is 12.6. The molecule has 3 aliphatic rings. The van der Waals surface area contributed by atoms with Gasteiger partial charge in [-0.05, 0) is 62.6 Å². The predicted molar refractivity (Wildman–Crippen MR) is 143 cm³/mol. The molecule has 0 bridgehead atoms. The molecule has 0 radical (unpaired) electrons. The van der Waals surface area contributed by atoms with E-state index in [2.05, 4.69) is 58.1 Å². The number of benzene rings is 1. The summed E-state index contributed by atoms with van der Waals surface area (Å²) < 4.78 is 13.3. The topological polar surface area (TPSA) is 93.9 Å². The maximum atomic E-state index is 13.7. The maximum Gasteiger partial charge on any atom is 0.245 e. The Morgan fingerprint density at radius 2 is 1.86 bits per heavy atom. The van der Waals surface area contributed by atoms with Crippen molar-refractivity contribution in [2.24, 2.45) is 17.6 Å². The van der Waals surface area contributed by atoms with Gasteiger partial charge in [-0.25, -0.2) is 0 Å². The van der Waals surface area contributed by atoms with Gasteiger partial charge in [0.05, 0.1) is 24.3 Å². The molecule has 6 atom stereocenters. The molecule has 0 aromatic heterocycles. The van der Waals surface area contributed by atoms with Crippen molar-refractivity contribution >= 4 is 24.2 Å². The zero-order valence-electron chi connectivity index (χ0n) is 23.0. The minimum absolute atomic E-state index is 0. The molecular formula is C28H44ClN3O4. The monoisotopic (exact) mass is 521 g/mol. The van der Waals surface area contributed by atoms with Crippen molar-refractivity contribution in [1.29, 1.82) is 0 Å². The maximum absolute atomic E-state index is 13.7. The Morgan fingerprint density at radius 1 is 1.19 bits per heavy atom. The van der Waals surface area contributed by atoms with E-state index in [0.717, 1.165) is 24.2 Å². The van der Waals surface area contributed by atoms with Gasteiger partial charge < -0.3 is 25.4 Å². The van der Waals surface area contributed by atoms with E-state index in [4.69, 9.17) is 15.2 Å². The van der Waals surface area contributed by atoms with Gasteiger partial charge >= 0.3 is 0 Å². The van der Waals surface area contributed by atoms with Crippen LogP contribution < -0.4 is 15.8 Å². The third kappa shape index (κ3) is 5.25. The van der Waals surface area contributed by atoms with Gasteiger partial charge in [-0.1, -0.05) is 40.7 Å². The summed E-state index contributed by atoms with van der Waals surface area (Å²) in [5, 5.41) is 2.87. The lowest BCUT2D eigenvalue weighted by atomic mass is 9.73. The van der Waals surface area contributed by atoms with Crippen LogP contribution in [0.15, 0.2) is 18.2 Å². The first-order chi connectivity index (χ1) is 16.2. The van der Waals surface area contributed by atoms with E-state index in [0.29, 0.717) is 6.54 Å². The first-order valence-electron chi connectivity index (χ1n) is 13.1. The van der Waals surface area contributed by atoms with Gasteiger partial charge in [0.15, 0.2) is 0 Å². The lowest BCUT2D eigenvalue weighted by Gasteiger charge is -2.51. The Labute approximate surface area is 222 Å². The highest BCUT2D eigenvalue weighted by atomic mass is 35.5. The van der Waals surface area contributed by atoms with E-state index in [9.17, 15) is 9.59 Å². The number of nitrogens with two attached hydrogens (primary N) is 1. The molecule has 0 spiro atoms. The quantitative estimate of drug-likeness (QED) is 0.621. The van der Waals surface area contributed by atoms with Crippen LogP contribution in [0.5, 0.6) is 5.75 Å². The molecule has 36 heavy (non-hydrogen) atoms. The molecule has 4 rings (SSSR count). The lowest BCUT2D eigenvalue weighted by molar-refractivity contribution is -0.168. The van der Waals surface area contributed by atoms with Crippen LogP contribution in [-0.2, 0) is 19.7 Å². The molecule has 1 aromatic rings. The Hall–Kier alpha value is -1.83. The number of hydrogen-bond donors (Lipinski definition) is 2. The molecule has 2 saturated heterocycles. The second-order valence-corrected chi connectivity index (χ2v) is 12.6. The van der Waals surface area contributed by atoms with Crippen molar-refractivity contribution in [2.75, 3.05) is 6.54 Å². The zero-order valence-corrected chi connectivity index (χ0v) is 23.8. The molecule has 3 aliphatic heterocycles. The number of halogens is 1. The van der Waals surface area contributed by atoms with Gasteiger partial charge in [0, 0.05) is 18.0 Å². The smallest absolute Gasteiger partial charge is 0.245 e. The predicted octanol–water partition coefficient (Wildman–Crippen LogP) is 4.11. The van der Waals surface area contributed by atoms with Gasteiger partial charge in [0.25, 0.3) is 0 Å². The van der Waals surface area contributed by atoms with Gasteiger partial charge in [0.2, 0.25) is 11.8 Å². The largest absolute Gasteiger partial charge is 0.487 e. The summed E-state index contributed by atoms with van der Waals surface area (Å²) >= 11 is 0. The molecule has 7 nitrogen and oxygen atoms in total. The Balaban J connectivity index is 0.00000361. The van der Waals surface area contributed by atoms with Gasteiger partial charge in [-0.3, -0.25) is 9.59 Å². The van der Waals surface area contributed by atoms with Crippen molar-refractivity contribution in [1.82, 2.24) is 10.2 Å². The van der Waals surface area contributed by atoms with Crippen LogP contribution in [0, 0.1) is 11.8 Å². The molecule has 1 aromatic carbocycles.